The Bertz CT molecular complexity index is 617. The number of hydrogen-bond acceptors (Lipinski definition) is 1. The van der Waals surface area contributed by atoms with Crippen LogP contribution in [-0.2, 0) is 6.54 Å². The first-order valence-electron chi connectivity index (χ1n) is 7.75. The maximum absolute atomic E-state index is 3.68. The number of aryl methyl sites for hydroxylation is 5. The van der Waals surface area contributed by atoms with Crippen LogP contribution in [-0.4, -0.2) is 0 Å². The molecule has 0 aromatic heterocycles. The lowest BCUT2D eigenvalue weighted by molar-refractivity contribution is 0.569. The molecule has 0 spiro atoms. The summed E-state index contributed by atoms with van der Waals surface area (Å²) < 4.78 is 0. The summed E-state index contributed by atoms with van der Waals surface area (Å²) in [5.41, 5.74) is 9.62. The van der Waals surface area contributed by atoms with E-state index in [1.807, 2.05) is 0 Å². The molecule has 0 bridgehead atoms. The quantitative estimate of drug-likeness (QED) is 0.824. The largest absolute Gasteiger partial charge is 0.306 e. The van der Waals surface area contributed by atoms with Gasteiger partial charge in [-0.25, -0.2) is 0 Å². The van der Waals surface area contributed by atoms with Crippen molar-refractivity contribution in [2.45, 2.75) is 54.1 Å². The maximum atomic E-state index is 3.68. The Labute approximate surface area is 129 Å². The van der Waals surface area contributed by atoms with Crippen molar-refractivity contribution >= 4 is 0 Å². The average molecular weight is 281 g/mol. The summed E-state index contributed by atoms with van der Waals surface area (Å²) in [4.78, 5) is 0. The van der Waals surface area contributed by atoms with Crippen molar-refractivity contribution in [3.05, 3.63) is 69.3 Å². The van der Waals surface area contributed by atoms with Gasteiger partial charge < -0.3 is 5.32 Å². The third-order valence-electron chi connectivity index (χ3n) is 4.33. The van der Waals surface area contributed by atoms with Crippen LogP contribution < -0.4 is 5.32 Å². The second-order valence-corrected chi connectivity index (χ2v) is 6.34. The standard InChI is InChI=1S/C20H27N/c1-13-7-8-15(3)19(11-13)18(6)21-12-20-16(4)9-14(2)10-17(20)5/h7-11,18,21H,12H2,1-6H3. The summed E-state index contributed by atoms with van der Waals surface area (Å²) in [5, 5.41) is 3.68. The van der Waals surface area contributed by atoms with E-state index in [1.165, 1.54) is 38.9 Å². The topological polar surface area (TPSA) is 12.0 Å². The van der Waals surface area contributed by atoms with Gasteiger partial charge in [-0.2, -0.15) is 0 Å². The van der Waals surface area contributed by atoms with Crippen molar-refractivity contribution < 1.29 is 0 Å². The lowest BCUT2D eigenvalue weighted by Gasteiger charge is -2.19. The van der Waals surface area contributed by atoms with Crippen LogP contribution in [0.5, 0.6) is 0 Å². The summed E-state index contributed by atoms with van der Waals surface area (Å²) in [5.74, 6) is 0. The molecule has 0 saturated heterocycles. The van der Waals surface area contributed by atoms with Crippen LogP contribution in [0.1, 0.15) is 51.9 Å². The smallest absolute Gasteiger partial charge is 0.0297 e. The van der Waals surface area contributed by atoms with Crippen LogP contribution in [0.25, 0.3) is 0 Å². The number of nitrogens with one attached hydrogen (secondary N) is 1. The molecule has 0 aliphatic carbocycles. The zero-order valence-corrected chi connectivity index (χ0v) is 14.2. The fourth-order valence-corrected chi connectivity index (χ4v) is 3.08. The summed E-state index contributed by atoms with van der Waals surface area (Å²) in [7, 11) is 0. The Morgan fingerprint density at radius 2 is 1.43 bits per heavy atom. The molecule has 0 fully saturated rings. The minimum absolute atomic E-state index is 0.366. The second-order valence-electron chi connectivity index (χ2n) is 6.34. The normalized spacial score (nSPS) is 12.5. The Hall–Kier alpha value is -1.60. The van der Waals surface area contributed by atoms with Gasteiger partial charge in [0, 0.05) is 12.6 Å². The third-order valence-corrected chi connectivity index (χ3v) is 4.33. The van der Waals surface area contributed by atoms with Crippen molar-refractivity contribution in [1.29, 1.82) is 0 Å². The molecule has 0 aliphatic rings. The number of hydrogen-bond donors (Lipinski definition) is 1. The molecule has 1 N–H and O–H groups in total. The Morgan fingerprint density at radius 3 is 2.05 bits per heavy atom. The van der Waals surface area contributed by atoms with E-state index in [1.54, 1.807) is 0 Å². The molecular weight excluding hydrogens is 254 g/mol. The van der Waals surface area contributed by atoms with Crippen LogP contribution in [0.15, 0.2) is 30.3 Å². The fourth-order valence-electron chi connectivity index (χ4n) is 3.08. The first kappa shape index (κ1) is 15.8. The van der Waals surface area contributed by atoms with Crippen molar-refractivity contribution in [2.75, 3.05) is 0 Å². The van der Waals surface area contributed by atoms with Gasteiger partial charge in [-0.15, -0.1) is 0 Å². The Balaban J connectivity index is 2.15. The van der Waals surface area contributed by atoms with E-state index in [4.69, 9.17) is 0 Å². The van der Waals surface area contributed by atoms with E-state index in [-0.39, 0.29) is 0 Å². The van der Waals surface area contributed by atoms with E-state index >= 15 is 0 Å². The molecule has 112 valence electrons. The highest BCUT2D eigenvalue weighted by Crippen LogP contribution is 2.21. The van der Waals surface area contributed by atoms with Gasteiger partial charge in [0.05, 0.1) is 0 Å². The molecule has 21 heavy (non-hydrogen) atoms. The minimum atomic E-state index is 0.366. The highest BCUT2D eigenvalue weighted by Gasteiger charge is 2.10. The molecule has 0 heterocycles. The first-order chi connectivity index (χ1) is 9.88. The predicted octanol–water partition coefficient (Wildman–Crippen LogP) is 5.08. The summed E-state index contributed by atoms with van der Waals surface area (Å²) in [6.07, 6.45) is 0. The Morgan fingerprint density at radius 1 is 0.810 bits per heavy atom. The van der Waals surface area contributed by atoms with E-state index in [0.717, 1.165) is 6.54 Å². The van der Waals surface area contributed by atoms with E-state index < -0.39 is 0 Å². The molecule has 0 radical (unpaired) electrons. The minimum Gasteiger partial charge on any atom is -0.306 e. The van der Waals surface area contributed by atoms with Crippen molar-refractivity contribution in [3.63, 3.8) is 0 Å². The maximum Gasteiger partial charge on any atom is 0.0297 e. The number of benzene rings is 2. The highest BCUT2D eigenvalue weighted by atomic mass is 14.9. The first-order valence-corrected chi connectivity index (χ1v) is 7.75. The molecule has 1 unspecified atom stereocenters. The molecule has 2 rings (SSSR count). The van der Waals surface area contributed by atoms with Crippen LogP contribution in [0.2, 0.25) is 0 Å². The van der Waals surface area contributed by atoms with Gasteiger partial charge in [-0.05, 0) is 69.4 Å². The lowest BCUT2D eigenvalue weighted by Crippen LogP contribution is -2.20. The van der Waals surface area contributed by atoms with Gasteiger partial charge in [0.25, 0.3) is 0 Å². The zero-order chi connectivity index (χ0) is 15.6. The SMILES string of the molecule is Cc1cc(C)c(CNC(C)c2cc(C)ccc2C)c(C)c1. The summed E-state index contributed by atoms with van der Waals surface area (Å²) in [6, 6.07) is 11.6. The average Bonchev–Trinajstić information content (AvgIpc) is 2.40. The van der Waals surface area contributed by atoms with Gasteiger partial charge in [-0.3, -0.25) is 0 Å². The van der Waals surface area contributed by atoms with Crippen molar-refractivity contribution in [2.24, 2.45) is 0 Å². The highest BCUT2D eigenvalue weighted by molar-refractivity contribution is 5.38. The molecular formula is C20H27N. The summed E-state index contributed by atoms with van der Waals surface area (Å²) in [6.45, 7) is 14.1. The molecule has 1 nitrogen and oxygen atoms in total. The van der Waals surface area contributed by atoms with Gasteiger partial charge >= 0.3 is 0 Å². The van der Waals surface area contributed by atoms with Gasteiger partial charge in [-0.1, -0.05) is 41.5 Å². The fraction of sp³-hybridized carbons (Fsp3) is 0.400. The molecule has 1 heteroatoms. The monoisotopic (exact) mass is 281 g/mol. The van der Waals surface area contributed by atoms with Crippen LogP contribution in [0, 0.1) is 34.6 Å². The van der Waals surface area contributed by atoms with E-state index in [2.05, 4.69) is 77.2 Å². The molecule has 0 saturated carbocycles. The second kappa shape index (κ2) is 6.44. The van der Waals surface area contributed by atoms with Crippen LogP contribution >= 0.6 is 0 Å². The van der Waals surface area contributed by atoms with E-state index in [0.29, 0.717) is 6.04 Å². The van der Waals surface area contributed by atoms with E-state index in [9.17, 15) is 0 Å². The van der Waals surface area contributed by atoms with Crippen LogP contribution in [0.3, 0.4) is 0 Å². The molecule has 2 aromatic rings. The summed E-state index contributed by atoms with van der Waals surface area (Å²) >= 11 is 0. The molecule has 2 aromatic carbocycles. The molecule has 0 aliphatic heterocycles. The number of rotatable bonds is 4. The van der Waals surface area contributed by atoms with Crippen molar-refractivity contribution in [1.82, 2.24) is 5.32 Å². The molecule has 1 atom stereocenters. The van der Waals surface area contributed by atoms with Gasteiger partial charge in [0.1, 0.15) is 0 Å². The Kier molecular flexibility index (Phi) is 4.84. The van der Waals surface area contributed by atoms with Gasteiger partial charge in [0.15, 0.2) is 0 Å². The van der Waals surface area contributed by atoms with Crippen LogP contribution in [0.4, 0.5) is 0 Å². The zero-order valence-electron chi connectivity index (χ0n) is 14.2. The third kappa shape index (κ3) is 3.74. The predicted molar refractivity (Wildman–Crippen MR) is 91.8 cm³/mol. The van der Waals surface area contributed by atoms with Crippen molar-refractivity contribution in [3.8, 4) is 0 Å². The lowest BCUT2D eigenvalue weighted by atomic mass is 9.97. The van der Waals surface area contributed by atoms with Gasteiger partial charge in [0.2, 0.25) is 0 Å². The molecule has 0 amide bonds.